The number of ketones is 2. The maximum absolute atomic E-state index is 13.2. The number of ether oxygens (including phenoxy) is 3. The molecule has 0 atom stereocenters. The second-order valence-corrected chi connectivity index (χ2v) is 15.6. The van der Waals surface area contributed by atoms with Crippen LogP contribution in [0.5, 0.6) is 11.5 Å². The van der Waals surface area contributed by atoms with Crippen molar-refractivity contribution in [1.29, 1.82) is 0 Å². The minimum Gasteiger partial charge on any atom is -0.496 e. The maximum Gasteiger partial charge on any atom is 0.407 e. The van der Waals surface area contributed by atoms with Crippen LogP contribution >= 0.6 is 22.7 Å². The molecular weight excluding hydrogens is 865 g/mol. The standard InChI is InChI=1S/2C22H22N4O5S/c1-13-8-9-17(16(10-13)19(27)15-6-4-5-7-18(15)30-2)25-20(28)26-21-23-11-14(32-21)12-24-22(29)31-3;1-13-7-8-17(16(11-13)19(27)15-5-3-4-6-18(15)31-2)25-20(28)26-21-24-12-14(32-21)9-10-23-22(29)30/h4-11H,12H2,1-3H3,(H,24,29)(H2,23,25,26,28);3-8,11-12,23H,9-10H2,1-2H3,(H,29,30)(H2,24,25,26,28). The summed E-state index contributed by atoms with van der Waals surface area (Å²) in [5, 5.41) is 24.8. The van der Waals surface area contributed by atoms with Gasteiger partial charge in [0.1, 0.15) is 11.5 Å². The fourth-order valence-electron chi connectivity index (χ4n) is 5.82. The van der Waals surface area contributed by atoms with Gasteiger partial charge in [0.15, 0.2) is 21.8 Å². The fraction of sp³-hybridized carbons (Fsp3) is 0.182. The summed E-state index contributed by atoms with van der Waals surface area (Å²) in [5.74, 6) is 0.350. The van der Waals surface area contributed by atoms with Crippen molar-refractivity contribution >= 4 is 80.1 Å². The molecule has 20 heteroatoms. The summed E-state index contributed by atoms with van der Waals surface area (Å²) in [5.41, 5.74) is 3.91. The van der Waals surface area contributed by atoms with Crippen LogP contribution in [0.2, 0.25) is 0 Å². The van der Waals surface area contributed by atoms with Gasteiger partial charge in [-0.1, -0.05) is 58.9 Å². The van der Waals surface area contributed by atoms with Gasteiger partial charge in [0.25, 0.3) is 0 Å². The van der Waals surface area contributed by atoms with Gasteiger partial charge in [-0.2, -0.15) is 0 Å². The molecule has 4 aromatic carbocycles. The van der Waals surface area contributed by atoms with Crippen LogP contribution < -0.4 is 41.4 Å². The summed E-state index contributed by atoms with van der Waals surface area (Å²) >= 11 is 2.44. The molecule has 0 aliphatic carbocycles. The van der Waals surface area contributed by atoms with E-state index in [1.165, 1.54) is 44.0 Å². The summed E-state index contributed by atoms with van der Waals surface area (Å²) < 4.78 is 15.1. The van der Waals surface area contributed by atoms with Crippen LogP contribution in [-0.4, -0.2) is 78.8 Å². The van der Waals surface area contributed by atoms with E-state index in [0.717, 1.165) is 20.9 Å². The van der Waals surface area contributed by atoms with E-state index in [4.69, 9.17) is 14.6 Å². The molecule has 6 aromatic rings. The van der Waals surface area contributed by atoms with Gasteiger partial charge < -0.3 is 40.6 Å². The van der Waals surface area contributed by atoms with E-state index in [0.29, 0.717) is 61.8 Å². The number of alkyl carbamates (subject to hydrolysis) is 1. The van der Waals surface area contributed by atoms with E-state index < -0.39 is 24.2 Å². The summed E-state index contributed by atoms with van der Waals surface area (Å²) in [7, 11) is 4.27. The lowest BCUT2D eigenvalue weighted by Crippen LogP contribution is -2.22. The van der Waals surface area contributed by atoms with E-state index in [9.17, 15) is 28.8 Å². The first-order chi connectivity index (χ1) is 30.8. The molecule has 0 spiro atoms. The lowest BCUT2D eigenvalue weighted by Gasteiger charge is -2.13. The van der Waals surface area contributed by atoms with E-state index in [2.05, 4.69) is 46.6 Å². The summed E-state index contributed by atoms with van der Waals surface area (Å²) in [4.78, 5) is 82.9. The number of amides is 6. The number of carboxylic acid groups (broad SMARTS) is 1. The van der Waals surface area contributed by atoms with Crippen molar-refractivity contribution in [2.45, 2.75) is 26.8 Å². The molecule has 0 fully saturated rings. The largest absolute Gasteiger partial charge is 0.496 e. The monoisotopic (exact) mass is 908 g/mol. The number of thiazole rings is 2. The van der Waals surface area contributed by atoms with Crippen molar-refractivity contribution in [3.63, 3.8) is 0 Å². The highest BCUT2D eigenvalue weighted by atomic mass is 32.1. The molecule has 6 amide bonds. The third kappa shape index (κ3) is 13.3. The number of benzene rings is 4. The first kappa shape index (κ1) is 47.2. The van der Waals surface area contributed by atoms with Crippen molar-refractivity contribution < 1.29 is 48.1 Å². The number of para-hydroxylation sites is 2. The number of carbonyl (C=O) groups is 6. The minimum atomic E-state index is -1.09. The Morgan fingerprint density at radius 1 is 0.594 bits per heavy atom. The molecule has 64 heavy (non-hydrogen) atoms. The second-order valence-electron chi connectivity index (χ2n) is 13.4. The van der Waals surface area contributed by atoms with Crippen LogP contribution in [0.4, 0.5) is 40.8 Å². The van der Waals surface area contributed by atoms with Gasteiger partial charge in [0.05, 0.1) is 50.4 Å². The molecule has 0 aliphatic heterocycles. The Morgan fingerprint density at radius 2 is 1.06 bits per heavy atom. The quantitative estimate of drug-likeness (QED) is 0.0481. The summed E-state index contributed by atoms with van der Waals surface area (Å²) in [6.07, 6.45) is 1.93. The maximum atomic E-state index is 13.2. The fourth-order valence-corrected chi connectivity index (χ4v) is 7.37. The van der Waals surface area contributed by atoms with Gasteiger partial charge in [-0.25, -0.2) is 29.1 Å². The lowest BCUT2D eigenvalue weighted by atomic mass is 9.99. The SMILES string of the molecule is COC(=O)NCc1cnc(NC(=O)Nc2ccc(C)cc2C(=O)c2ccccc2OC)s1.COc1ccccc1C(=O)c1cc(C)ccc1NC(=O)Nc1ncc(CCNC(=O)O)s1. The number of aryl methyl sites for hydroxylation is 2. The molecule has 0 unspecified atom stereocenters. The molecule has 0 radical (unpaired) electrons. The van der Waals surface area contributed by atoms with Gasteiger partial charge in [-0.3, -0.25) is 20.2 Å². The van der Waals surface area contributed by atoms with Crippen LogP contribution in [0.3, 0.4) is 0 Å². The Hall–Kier alpha value is -7.84. The van der Waals surface area contributed by atoms with E-state index in [1.54, 1.807) is 97.3 Å². The second kappa shape index (κ2) is 22.8. The zero-order chi connectivity index (χ0) is 46.2. The number of hydrogen-bond acceptors (Lipinski definition) is 13. The summed E-state index contributed by atoms with van der Waals surface area (Å²) in [6, 6.07) is 23.1. The van der Waals surface area contributed by atoms with Gasteiger partial charge in [0.2, 0.25) is 0 Å². The van der Waals surface area contributed by atoms with Crippen LogP contribution in [0.25, 0.3) is 0 Å². The number of aromatic nitrogens is 2. The number of anilines is 4. The van der Waals surface area contributed by atoms with Gasteiger partial charge >= 0.3 is 24.2 Å². The Bertz CT molecular complexity index is 2650. The van der Waals surface area contributed by atoms with Crippen LogP contribution in [0, 0.1) is 13.8 Å². The Morgan fingerprint density at radius 3 is 1.53 bits per heavy atom. The van der Waals surface area contributed by atoms with E-state index in [1.807, 2.05) is 13.8 Å². The van der Waals surface area contributed by atoms with Crippen molar-refractivity contribution in [2.24, 2.45) is 0 Å². The topological polar surface area (TPSA) is 248 Å². The van der Waals surface area contributed by atoms with Crippen LogP contribution in [0.15, 0.2) is 97.3 Å². The van der Waals surface area contributed by atoms with Gasteiger partial charge in [-0.05, 0) is 62.4 Å². The predicted molar refractivity (Wildman–Crippen MR) is 244 cm³/mol. The highest BCUT2D eigenvalue weighted by Crippen LogP contribution is 2.29. The number of nitrogens with one attached hydrogen (secondary N) is 6. The number of rotatable bonds is 15. The minimum absolute atomic E-state index is 0.225. The molecule has 6 rings (SSSR count). The first-order valence-corrected chi connectivity index (χ1v) is 20.8. The normalized spacial score (nSPS) is 10.3. The third-order valence-electron chi connectivity index (χ3n) is 8.83. The lowest BCUT2D eigenvalue weighted by molar-refractivity contribution is 0.102. The van der Waals surface area contributed by atoms with E-state index in [-0.39, 0.29) is 24.7 Å². The third-order valence-corrected chi connectivity index (χ3v) is 10.7. The highest BCUT2D eigenvalue weighted by Gasteiger charge is 2.21. The first-order valence-electron chi connectivity index (χ1n) is 19.2. The Balaban J connectivity index is 0.000000241. The number of urea groups is 2. The smallest absolute Gasteiger partial charge is 0.407 e. The number of hydrogen-bond donors (Lipinski definition) is 7. The average molecular weight is 909 g/mol. The average Bonchev–Trinajstić information content (AvgIpc) is 3.94. The molecule has 2 heterocycles. The number of nitrogens with zero attached hydrogens (tertiary/aromatic N) is 2. The van der Waals surface area contributed by atoms with Crippen molar-refractivity contribution in [3.8, 4) is 11.5 Å². The van der Waals surface area contributed by atoms with Crippen molar-refractivity contribution in [3.05, 3.63) is 140 Å². The van der Waals surface area contributed by atoms with Crippen LogP contribution in [-0.2, 0) is 17.7 Å². The van der Waals surface area contributed by atoms with Crippen molar-refractivity contribution in [1.82, 2.24) is 20.6 Å². The molecule has 332 valence electrons. The van der Waals surface area contributed by atoms with Gasteiger partial charge in [-0.15, -0.1) is 11.3 Å². The Kier molecular flexibility index (Phi) is 16.9. The molecule has 0 saturated heterocycles. The van der Waals surface area contributed by atoms with Crippen molar-refractivity contribution in [2.75, 3.05) is 49.1 Å². The zero-order valence-corrected chi connectivity index (χ0v) is 36.8. The van der Waals surface area contributed by atoms with Crippen LogP contribution in [0.1, 0.15) is 52.7 Å². The zero-order valence-electron chi connectivity index (χ0n) is 35.2. The molecule has 7 N–H and O–H groups in total. The Labute approximate surface area is 375 Å². The molecule has 18 nitrogen and oxygen atoms in total. The molecule has 0 bridgehead atoms. The number of methoxy groups -OCH3 is 3. The molecule has 0 aliphatic rings. The molecule has 2 aromatic heterocycles. The highest BCUT2D eigenvalue weighted by molar-refractivity contribution is 7.16. The number of carbonyl (C=O) groups excluding carboxylic acids is 5. The van der Waals surface area contributed by atoms with E-state index >= 15 is 0 Å². The molecular formula is C44H44N8O10S2. The molecule has 0 saturated carbocycles. The van der Waals surface area contributed by atoms with Gasteiger partial charge in [0, 0.05) is 46.2 Å². The predicted octanol–water partition coefficient (Wildman–Crippen LogP) is 8.34. The summed E-state index contributed by atoms with van der Waals surface area (Å²) in [6.45, 7) is 4.20.